The molecule has 0 amide bonds. The van der Waals surface area contributed by atoms with Crippen molar-refractivity contribution in [3.8, 4) is 11.3 Å². The van der Waals surface area contributed by atoms with Gasteiger partial charge in [-0.05, 0) is 38.1 Å². The zero-order valence-electron chi connectivity index (χ0n) is 18.7. The van der Waals surface area contributed by atoms with E-state index in [9.17, 15) is 0 Å². The molecule has 1 heterocycles. The van der Waals surface area contributed by atoms with Gasteiger partial charge in [0, 0.05) is 11.1 Å². The van der Waals surface area contributed by atoms with Gasteiger partial charge in [-0.3, -0.25) is 0 Å². The molecule has 0 unspecified atom stereocenters. The van der Waals surface area contributed by atoms with Gasteiger partial charge in [0.1, 0.15) is 5.69 Å². The number of hydrogen-bond donors (Lipinski definition) is 1. The highest BCUT2D eigenvalue weighted by atomic mass is 14.9. The summed E-state index contributed by atoms with van der Waals surface area (Å²) < 4.78 is 0. The average Bonchev–Trinajstić information content (AvgIpc) is 2.84. The first-order chi connectivity index (χ1) is 16.1. The number of para-hydroxylation sites is 4. The third-order valence-electron chi connectivity index (χ3n) is 5.61. The molecule has 0 aliphatic rings. The Bertz CT molecular complexity index is 1470. The van der Waals surface area contributed by atoms with E-state index in [0.29, 0.717) is 11.4 Å². The Balaban J connectivity index is 1.83. The van der Waals surface area contributed by atoms with Gasteiger partial charge < -0.3 is 5.73 Å². The molecule has 0 aliphatic carbocycles. The molecule has 160 valence electrons. The van der Waals surface area contributed by atoms with Gasteiger partial charge in [0.15, 0.2) is 0 Å². The maximum Gasteiger partial charge on any atom is 0.116 e. The second kappa shape index (κ2) is 8.67. The summed E-state index contributed by atoms with van der Waals surface area (Å²) >= 11 is 0. The van der Waals surface area contributed by atoms with Gasteiger partial charge in [0.25, 0.3) is 0 Å². The molecule has 1 aromatic heterocycles. The zero-order chi connectivity index (χ0) is 22.8. The number of benzene rings is 4. The quantitative estimate of drug-likeness (QED) is 0.257. The molecule has 4 nitrogen and oxygen atoms in total. The van der Waals surface area contributed by atoms with Crippen molar-refractivity contribution in [2.75, 3.05) is 5.73 Å². The van der Waals surface area contributed by atoms with E-state index in [4.69, 9.17) is 20.7 Å². The number of nitrogens with two attached hydrogens (primary N) is 1. The van der Waals surface area contributed by atoms with Gasteiger partial charge in [-0.15, -0.1) is 0 Å². The molecule has 4 heteroatoms. The Labute approximate surface area is 193 Å². The minimum Gasteiger partial charge on any atom is -0.397 e. The molecular formula is C29H24N4. The lowest BCUT2D eigenvalue weighted by Gasteiger charge is -2.14. The lowest BCUT2D eigenvalue weighted by Crippen LogP contribution is -2.10. The molecule has 4 aromatic carbocycles. The van der Waals surface area contributed by atoms with Crippen molar-refractivity contribution >= 4 is 28.1 Å². The molecule has 2 N–H and O–H groups in total. The molecule has 33 heavy (non-hydrogen) atoms. The Kier molecular flexibility index (Phi) is 5.41. The van der Waals surface area contributed by atoms with Gasteiger partial charge in [-0.2, -0.15) is 0 Å². The van der Waals surface area contributed by atoms with Crippen LogP contribution in [0, 0.1) is 13.8 Å². The van der Waals surface area contributed by atoms with Crippen molar-refractivity contribution in [3.05, 3.63) is 119 Å². The van der Waals surface area contributed by atoms with Crippen LogP contribution in [0.2, 0.25) is 0 Å². The highest BCUT2D eigenvalue weighted by Crippen LogP contribution is 2.29. The predicted molar refractivity (Wildman–Crippen MR) is 137 cm³/mol. The highest BCUT2D eigenvalue weighted by Gasteiger charge is 2.19. The Morgan fingerprint density at radius 3 is 1.91 bits per heavy atom. The van der Waals surface area contributed by atoms with E-state index in [1.54, 1.807) is 0 Å². The first-order valence-electron chi connectivity index (χ1n) is 10.9. The molecule has 0 atom stereocenters. The van der Waals surface area contributed by atoms with Crippen LogP contribution in [0.3, 0.4) is 0 Å². The normalized spacial score (nSPS) is 11.6. The number of fused-ring (bicyclic) bond motifs is 1. The van der Waals surface area contributed by atoms with Crippen LogP contribution in [0.15, 0.2) is 102 Å². The summed E-state index contributed by atoms with van der Waals surface area (Å²) in [6.07, 6.45) is 0. The summed E-state index contributed by atoms with van der Waals surface area (Å²) in [4.78, 5) is 15.1. The van der Waals surface area contributed by atoms with E-state index in [1.165, 1.54) is 11.1 Å². The Morgan fingerprint density at radius 2 is 1.24 bits per heavy atom. The van der Waals surface area contributed by atoms with Crippen LogP contribution in [0.5, 0.6) is 0 Å². The standard InChI is InChI=1S/C29H24N4/c1-19-11-15-21(16-12-19)27(31-24-8-4-3-7-23(24)30)29-28(22-17-13-20(2)14-18-22)32-25-9-5-6-10-26(25)33-29/h3-18H,30H2,1-2H3. The summed E-state index contributed by atoms with van der Waals surface area (Å²) in [6.45, 7) is 4.15. The molecule has 0 spiro atoms. The van der Waals surface area contributed by atoms with Crippen molar-refractivity contribution in [2.45, 2.75) is 13.8 Å². The Morgan fingerprint density at radius 1 is 0.667 bits per heavy atom. The van der Waals surface area contributed by atoms with Crippen LogP contribution >= 0.6 is 0 Å². The smallest absolute Gasteiger partial charge is 0.116 e. The maximum absolute atomic E-state index is 6.26. The van der Waals surface area contributed by atoms with E-state index in [2.05, 4.69) is 62.4 Å². The molecule has 0 bridgehead atoms. The minimum absolute atomic E-state index is 0.618. The molecule has 0 saturated carbocycles. The van der Waals surface area contributed by atoms with Crippen LogP contribution in [0.25, 0.3) is 22.3 Å². The highest BCUT2D eigenvalue weighted by molar-refractivity contribution is 6.16. The molecule has 0 saturated heterocycles. The predicted octanol–water partition coefficient (Wildman–Crippen LogP) is 6.66. The average molecular weight is 429 g/mol. The lowest BCUT2D eigenvalue weighted by atomic mass is 9.99. The summed E-state index contributed by atoms with van der Waals surface area (Å²) in [6, 6.07) is 32.2. The number of nitrogens with zero attached hydrogens (tertiary/aromatic N) is 3. The Hall–Kier alpha value is -4.31. The van der Waals surface area contributed by atoms with Crippen molar-refractivity contribution < 1.29 is 0 Å². The van der Waals surface area contributed by atoms with Crippen LogP contribution in [-0.2, 0) is 0 Å². The number of nitrogen functional groups attached to an aromatic ring is 1. The van der Waals surface area contributed by atoms with Crippen LogP contribution in [0.4, 0.5) is 11.4 Å². The number of aromatic nitrogens is 2. The number of aryl methyl sites for hydroxylation is 2. The van der Waals surface area contributed by atoms with Crippen molar-refractivity contribution in [3.63, 3.8) is 0 Å². The van der Waals surface area contributed by atoms with Gasteiger partial charge in [-0.1, -0.05) is 83.9 Å². The zero-order valence-corrected chi connectivity index (χ0v) is 18.7. The second-order valence-corrected chi connectivity index (χ2v) is 8.16. The number of anilines is 1. The number of rotatable bonds is 4. The fraction of sp³-hybridized carbons (Fsp3) is 0.0690. The van der Waals surface area contributed by atoms with Gasteiger partial charge in [0.05, 0.1) is 33.8 Å². The van der Waals surface area contributed by atoms with E-state index in [0.717, 1.165) is 39.3 Å². The summed E-state index contributed by atoms with van der Waals surface area (Å²) in [5.41, 5.74) is 15.8. The van der Waals surface area contributed by atoms with Gasteiger partial charge in [-0.25, -0.2) is 15.0 Å². The third-order valence-corrected chi connectivity index (χ3v) is 5.61. The van der Waals surface area contributed by atoms with Crippen LogP contribution in [0.1, 0.15) is 22.4 Å². The summed E-state index contributed by atoms with van der Waals surface area (Å²) in [7, 11) is 0. The number of hydrogen-bond acceptors (Lipinski definition) is 4. The number of aliphatic imine (C=N–C) groups is 1. The monoisotopic (exact) mass is 428 g/mol. The van der Waals surface area contributed by atoms with Crippen molar-refractivity contribution in [1.82, 2.24) is 9.97 Å². The lowest BCUT2D eigenvalue weighted by molar-refractivity contribution is 1.25. The van der Waals surface area contributed by atoms with E-state index in [1.807, 2.05) is 48.5 Å². The van der Waals surface area contributed by atoms with Gasteiger partial charge >= 0.3 is 0 Å². The first-order valence-corrected chi connectivity index (χ1v) is 10.9. The topological polar surface area (TPSA) is 64.2 Å². The largest absolute Gasteiger partial charge is 0.397 e. The summed E-state index contributed by atoms with van der Waals surface area (Å²) in [5, 5.41) is 0. The van der Waals surface area contributed by atoms with Crippen LogP contribution < -0.4 is 5.73 Å². The summed E-state index contributed by atoms with van der Waals surface area (Å²) in [5.74, 6) is 0. The van der Waals surface area contributed by atoms with E-state index >= 15 is 0 Å². The van der Waals surface area contributed by atoms with Gasteiger partial charge in [0.2, 0.25) is 0 Å². The van der Waals surface area contributed by atoms with E-state index in [-0.39, 0.29) is 0 Å². The molecule has 5 aromatic rings. The third kappa shape index (κ3) is 4.23. The molecule has 0 radical (unpaired) electrons. The van der Waals surface area contributed by atoms with E-state index < -0.39 is 0 Å². The molecular weight excluding hydrogens is 404 g/mol. The van der Waals surface area contributed by atoms with Crippen molar-refractivity contribution in [1.29, 1.82) is 0 Å². The molecule has 0 fully saturated rings. The van der Waals surface area contributed by atoms with Crippen LogP contribution in [-0.4, -0.2) is 15.7 Å². The molecule has 0 aliphatic heterocycles. The fourth-order valence-corrected chi connectivity index (χ4v) is 3.75. The fourth-order valence-electron chi connectivity index (χ4n) is 3.75. The maximum atomic E-state index is 6.26. The first kappa shape index (κ1) is 20.6. The van der Waals surface area contributed by atoms with Crippen molar-refractivity contribution in [2.24, 2.45) is 4.99 Å². The molecule has 5 rings (SSSR count). The SMILES string of the molecule is Cc1ccc(C(=Nc2ccccc2N)c2nc3ccccc3nc2-c2ccc(C)cc2)cc1. The minimum atomic E-state index is 0.618. The second-order valence-electron chi connectivity index (χ2n) is 8.16.